The Balaban J connectivity index is 1.80. The van der Waals surface area contributed by atoms with Gasteiger partial charge in [0, 0.05) is 12.0 Å². The number of nitrogens with one attached hydrogen (secondary N) is 1. The molecule has 1 saturated heterocycles. The van der Waals surface area contributed by atoms with Crippen molar-refractivity contribution in [1.82, 2.24) is 15.1 Å². The molecule has 1 aromatic rings. The van der Waals surface area contributed by atoms with Crippen LogP contribution in [-0.4, -0.2) is 56.4 Å². The predicted octanol–water partition coefficient (Wildman–Crippen LogP) is -0.399. The van der Waals surface area contributed by atoms with Gasteiger partial charge in [-0.15, -0.1) is 5.10 Å². The van der Waals surface area contributed by atoms with E-state index in [1.165, 1.54) is 4.90 Å². The van der Waals surface area contributed by atoms with Gasteiger partial charge >= 0.3 is 6.03 Å². The Morgan fingerprint density at radius 1 is 1.55 bits per heavy atom. The van der Waals surface area contributed by atoms with Crippen molar-refractivity contribution in [2.24, 2.45) is 0 Å². The predicted molar refractivity (Wildman–Crippen MR) is 67.7 cm³/mol. The van der Waals surface area contributed by atoms with Crippen LogP contribution >= 0.6 is 0 Å². The minimum absolute atomic E-state index is 0.270. The van der Waals surface area contributed by atoms with Crippen molar-refractivity contribution in [3.05, 3.63) is 17.3 Å². The van der Waals surface area contributed by atoms with Crippen molar-refractivity contribution in [2.75, 3.05) is 11.9 Å². The molecule has 0 aliphatic carbocycles. The summed E-state index contributed by atoms with van der Waals surface area (Å²) in [6.45, 7) is 1.90. The average Bonchev–Trinajstić information content (AvgIpc) is 2.79. The fourth-order valence-corrected chi connectivity index (χ4v) is 2.50. The summed E-state index contributed by atoms with van der Waals surface area (Å²) >= 11 is 0. The first kappa shape index (κ1) is 13.2. The zero-order valence-electron chi connectivity index (χ0n) is 11.0. The number of urea groups is 1. The number of aromatic nitrogens is 2. The summed E-state index contributed by atoms with van der Waals surface area (Å²) in [4.78, 5) is 13.5. The highest BCUT2D eigenvalue weighted by molar-refractivity contribution is 5.91. The molecule has 0 aromatic carbocycles. The second kappa shape index (κ2) is 4.97. The van der Waals surface area contributed by atoms with Crippen LogP contribution in [0.1, 0.15) is 17.7 Å². The van der Waals surface area contributed by atoms with Crippen molar-refractivity contribution in [3.8, 4) is 0 Å². The molecule has 1 aromatic heterocycles. The zero-order valence-corrected chi connectivity index (χ0v) is 11.0. The van der Waals surface area contributed by atoms with Gasteiger partial charge in [-0.1, -0.05) is 0 Å². The highest BCUT2D eigenvalue weighted by Crippen LogP contribution is 2.29. The van der Waals surface area contributed by atoms with Crippen molar-refractivity contribution in [2.45, 2.75) is 38.3 Å². The van der Waals surface area contributed by atoms with Crippen LogP contribution in [0.15, 0.2) is 6.07 Å². The van der Waals surface area contributed by atoms with Crippen LogP contribution in [-0.2, 0) is 11.3 Å². The highest BCUT2D eigenvalue weighted by atomic mass is 16.5. The SMILES string of the molecule is Cc1cc2c(nn1)NC(=O)N([C@H]1C[C@H](O)[C@@H](CO)O1)C2. The molecule has 3 heterocycles. The van der Waals surface area contributed by atoms with E-state index >= 15 is 0 Å². The van der Waals surface area contributed by atoms with E-state index in [4.69, 9.17) is 9.84 Å². The number of aliphatic hydroxyl groups excluding tert-OH is 2. The van der Waals surface area contributed by atoms with Crippen molar-refractivity contribution in [1.29, 1.82) is 0 Å². The van der Waals surface area contributed by atoms with Gasteiger partial charge in [0.1, 0.15) is 12.3 Å². The number of carbonyl (C=O) groups is 1. The van der Waals surface area contributed by atoms with Crippen LogP contribution in [0.5, 0.6) is 0 Å². The number of amides is 2. The van der Waals surface area contributed by atoms with Crippen LogP contribution in [0.2, 0.25) is 0 Å². The Bertz CT molecular complexity index is 538. The lowest BCUT2D eigenvalue weighted by atomic mass is 10.1. The Labute approximate surface area is 115 Å². The summed E-state index contributed by atoms with van der Waals surface area (Å²) in [5.74, 6) is 0.453. The zero-order chi connectivity index (χ0) is 14.3. The number of rotatable bonds is 2. The van der Waals surface area contributed by atoms with Gasteiger partial charge in [-0.3, -0.25) is 10.2 Å². The molecule has 0 saturated carbocycles. The second-order valence-electron chi connectivity index (χ2n) is 5.03. The number of hydrogen-bond donors (Lipinski definition) is 3. The lowest BCUT2D eigenvalue weighted by Gasteiger charge is -2.32. The molecule has 3 rings (SSSR count). The van der Waals surface area contributed by atoms with E-state index in [2.05, 4.69) is 15.5 Å². The molecule has 2 amide bonds. The maximum Gasteiger partial charge on any atom is 0.325 e. The van der Waals surface area contributed by atoms with Gasteiger partial charge in [0.05, 0.1) is 24.9 Å². The van der Waals surface area contributed by atoms with Gasteiger partial charge in [0.25, 0.3) is 0 Å². The largest absolute Gasteiger partial charge is 0.394 e. The molecule has 8 heteroatoms. The maximum atomic E-state index is 12.1. The molecular formula is C12H16N4O4. The van der Waals surface area contributed by atoms with E-state index in [0.29, 0.717) is 12.4 Å². The number of anilines is 1. The normalized spacial score (nSPS) is 29.2. The number of aliphatic hydroxyl groups is 2. The van der Waals surface area contributed by atoms with E-state index < -0.39 is 18.4 Å². The minimum Gasteiger partial charge on any atom is -0.394 e. The van der Waals surface area contributed by atoms with Crippen molar-refractivity contribution < 1.29 is 19.7 Å². The van der Waals surface area contributed by atoms with Gasteiger partial charge in [-0.05, 0) is 13.0 Å². The molecular weight excluding hydrogens is 264 g/mol. The molecule has 0 unspecified atom stereocenters. The average molecular weight is 280 g/mol. The molecule has 8 nitrogen and oxygen atoms in total. The lowest BCUT2D eigenvalue weighted by molar-refractivity contribution is -0.0653. The fraction of sp³-hybridized carbons (Fsp3) is 0.583. The van der Waals surface area contributed by atoms with E-state index in [9.17, 15) is 9.90 Å². The topological polar surface area (TPSA) is 108 Å². The number of aryl methyl sites for hydroxylation is 1. The molecule has 0 bridgehead atoms. The van der Waals surface area contributed by atoms with Crippen LogP contribution in [0.3, 0.4) is 0 Å². The maximum absolute atomic E-state index is 12.1. The Hall–Kier alpha value is -1.77. The Morgan fingerprint density at radius 3 is 3.05 bits per heavy atom. The van der Waals surface area contributed by atoms with E-state index in [-0.39, 0.29) is 19.1 Å². The summed E-state index contributed by atoms with van der Waals surface area (Å²) in [6.07, 6.45) is -1.68. The van der Waals surface area contributed by atoms with Crippen LogP contribution < -0.4 is 5.32 Å². The van der Waals surface area contributed by atoms with Gasteiger partial charge in [-0.2, -0.15) is 5.10 Å². The van der Waals surface area contributed by atoms with Gasteiger partial charge in [0.15, 0.2) is 5.82 Å². The van der Waals surface area contributed by atoms with Crippen molar-refractivity contribution in [3.63, 3.8) is 0 Å². The summed E-state index contributed by atoms with van der Waals surface area (Å²) in [6, 6.07) is 1.51. The number of nitrogens with zero attached hydrogens (tertiary/aromatic N) is 3. The monoisotopic (exact) mass is 280 g/mol. The fourth-order valence-electron chi connectivity index (χ4n) is 2.50. The lowest BCUT2D eigenvalue weighted by Crippen LogP contribution is -2.45. The molecule has 2 aliphatic heterocycles. The first-order valence-electron chi connectivity index (χ1n) is 6.43. The van der Waals surface area contributed by atoms with Gasteiger partial charge in [0.2, 0.25) is 0 Å². The third kappa shape index (κ3) is 2.21. The van der Waals surface area contributed by atoms with Crippen LogP contribution in [0.25, 0.3) is 0 Å². The second-order valence-corrected chi connectivity index (χ2v) is 5.03. The number of hydrogen-bond acceptors (Lipinski definition) is 6. The highest BCUT2D eigenvalue weighted by Gasteiger charge is 2.40. The molecule has 2 aliphatic rings. The summed E-state index contributed by atoms with van der Waals surface area (Å²) in [7, 11) is 0. The van der Waals surface area contributed by atoms with Gasteiger partial charge in [-0.25, -0.2) is 4.79 Å². The molecule has 0 radical (unpaired) electrons. The molecule has 3 atom stereocenters. The van der Waals surface area contributed by atoms with Crippen LogP contribution in [0, 0.1) is 6.92 Å². The minimum atomic E-state index is -0.767. The van der Waals surface area contributed by atoms with E-state index in [0.717, 1.165) is 11.3 Å². The smallest absolute Gasteiger partial charge is 0.325 e. The molecule has 0 spiro atoms. The number of fused-ring (bicyclic) bond motifs is 1. The first-order chi connectivity index (χ1) is 9.58. The molecule has 108 valence electrons. The van der Waals surface area contributed by atoms with E-state index in [1.807, 2.05) is 13.0 Å². The van der Waals surface area contributed by atoms with E-state index in [1.54, 1.807) is 0 Å². The third-order valence-corrected chi connectivity index (χ3v) is 3.55. The quantitative estimate of drug-likeness (QED) is 0.680. The number of carbonyl (C=O) groups excluding carboxylic acids is 1. The summed E-state index contributed by atoms with van der Waals surface area (Å²) < 4.78 is 5.51. The summed E-state index contributed by atoms with van der Waals surface area (Å²) in [5.41, 5.74) is 1.61. The Kier molecular flexibility index (Phi) is 3.28. The molecule has 20 heavy (non-hydrogen) atoms. The summed E-state index contributed by atoms with van der Waals surface area (Å²) in [5, 5.41) is 29.3. The first-order valence-corrected chi connectivity index (χ1v) is 6.43. The number of ether oxygens (including phenoxy) is 1. The van der Waals surface area contributed by atoms with Crippen LogP contribution in [0.4, 0.5) is 10.6 Å². The molecule has 1 fully saturated rings. The van der Waals surface area contributed by atoms with Gasteiger partial charge < -0.3 is 14.9 Å². The standard InChI is InChI=1S/C12H16N4O4/c1-6-2-7-4-16(12(19)13-11(7)15-14-6)10-3-8(18)9(5-17)20-10/h2,8-10,17-18H,3-5H2,1H3,(H,13,15,19)/t8-,9+,10+/m0/s1. The molecule has 3 N–H and O–H groups in total. The third-order valence-electron chi connectivity index (χ3n) is 3.55. The Morgan fingerprint density at radius 2 is 2.35 bits per heavy atom. The van der Waals surface area contributed by atoms with Crippen molar-refractivity contribution >= 4 is 11.8 Å².